The standard InChI is InChI=1S/C14H18N2O3/c1-9-7-13(14(18)19-9)15-11-5-4-6-12(8-11)16(3)10(2)17/h4-6,8-9,13,15H,7H2,1-3H3/t9-,13+/m1/s1. The zero-order chi connectivity index (χ0) is 14.0. The maximum absolute atomic E-state index is 11.6. The van der Waals surface area contributed by atoms with Crippen LogP contribution in [0, 0.1) is 0 Å². The largest absolute Gasteiger partial charge is 0.461 e. The van der Waals surface area contributed by atoms with Gasteiger partial charge in [-0.3, -0.25) is 4.79 Å². The van der Waals surface area contributed by atoms with Gasteiger partial charge in [0, 0.05) is 31.8 Å². The normalized spacial score (nSPS) is 21.9. The summed E-state index contributed by atoms with van der Waals surface area (Å²) >= 11 is 0. The number of ether oxygens (including phenoxy) is 1. The lowest BCUT2D eigenvalue weighted by molar-refractivity contribution is -0.141. The van der Waals surface area contributed by atoms with Crippen molar-refractivity contribution in [3.63, 3.8) is 0 Å². The van der Waals surface area contributed by atoms with Crippen LogP contribution in [0.3, 0.4) is 0 Å². The van der Waals surface area contributed by atoms with Gasteiger partial charge in [-0.1, -0.05) is 6.07 Å². The number of nitrogens with one attached hydrogen (secondary N) is 1. The second kappa shape index (κ2) is 5.30. The van der Waals surface area contributed by atoms with Crippen molar-refractivity contribution < 1.29 is 14.3 Å². The van der Waals surface area contributed by atoms with Crippen LogP contribution in [-0.2, 0) is 14.3 Å². The Hall–Kier alpha value is -2.04. The summed E-state index contributed by atoms with van der Waals surface area (Å²) in [6.45, 7) is 3.38. The van der Waals surface area contributed by atoms with Crippen LogP contribution in [0.25, 0.3) is 0 Å². The lowest BCUT2D eigenvalue weighted by Crippen LogP contribution is -2.25. The molecule has 1 aromatic carbocycles. The third-order valence-corrected chi connectivity index (χ3v) is 3.22. The van der Waals surface area contributed by atoms with E-state index in [1.807, 2.05) is 31.2 Å². The quantitative estimate of drug-likeness (QED) is 0.844. The summed E-state index contributed by atoms with van der Waals surface area (Å²) in [5.41, 5.74) is 1.60. The average molecular weight is 262 g/mol. The number of hydrogen-bond acceptors (Lipinski definition) is 4. The van der Waals surface area contributed by atoms with Crippen LogP contribution in [-0.4, -0.2) is 31.1 Å². The minimum absolute atomic E-state index is 0.0361. The minimum atomic E-state index is -0.312. The summed E-state index contributed by atoms with van der Waals surface area (Å²) in [7, 11) is 1.72. The Labute approximate surface area is 112 Å². The number of rotatable bonds is 3. The van der Waals surface area contributed by atoms with Crippen molar-refractivity contribution in [2.45, 2.75) is 32.4 Å². The van der Waals surface area contributed by atoms with Gasteiger partial charge in [-0.05, 0) is 25.1 Å². The molecule has 0 saturated carbocycles. The van der Waals surface area contributed by atoms with E-state index in [2.05, 4.69) is 5.32 Å². The van der Waals surface area contributed by atoms with Crippen LogP contribution in [0.1, 0.15) is 20.3 Å². The molecule has 0 spiro atoms. The summed E-state index contributed by atoms with van der Waals surface area (Å²) in [6, 6.07) is 7.10. The molecule has 1 N–H and O–H groups in total. The van der Waals surface area contributed by atoms with Gasteiger partial charge in [0.25, 0.3) is 0 Å². The second-order valence-electron chi connectivity index (χ2n) is 4.81. The zero-order valence-corrected chi connectivity index (χ0v) is 11.3. The lowest BCUT2D eigenvalue weighted by Gasteiger charge is -2.17. The van der Waals surface area contributed by atoms with E-state index in [1.165, 1.54) is 6.92 Å². The molecule has 1 heterocycles. The highest BCUT2D eigenvalue weighted by atomic mass is 16.6. The van der Waals surface area contributed by atoms with Gasteiger partial charge in [0.2, 0.25) is 5.91 Å². The van der Waals surface area contributed by atoms with Crippen LogP contribution in [0.15, 0.2) is 24.3 Å². The van der Waals surface area contributed by atoms with Crippen LogP contribution >= 0.6 is 0 Å². The summed E-state index contributed by atoms with van der Waals surface area (Å²) in [5.74, 6) is -0.260. The molecule has 0 aromatic heterocycles. The maximum Gasteiger partial charge on any atom is 0.328 e. The molecule has 0 unspecified atom stereocenters. The Morgan fingerprint density at radius 2 is 2.21 bits per heavy atom. The van der Waals surface area contributed by atoms with Crippen molar-refractivity contribution in [3.8, 4) is 0 Å². The predicted molar refractivity (Wildman–Crippen MR) is 73.1 cm³/mol. The number of esters is 1. The van der Waals surface area contributed by atoms with Gasteiger partial charge in [0.1, 0.15) is 12.1 Å². The molecule has 0 radical (unpaired) electrons. The van der Waals surface area contributed by atoms with E-state index in [0.717, 1.165) is 11.4 Å². The fourth-order valence-electron chi connectivity index (χ4n) is 2.06. The van der Waals surface area contributed by atoms with Crippen LogP contribution < -0.4 is 10.2 Å². The molecule has 5 nitrogen and oxygen atoms in total. The van der Waals surface area contributed by atoms with E-state index < -0.39 is 0 Å². The number of hydrogen-bond donors (Lipinski definition) is 1. The van der Waals surface area contributed by atoms with Gasteiger partial charge in [0.05, 0.1) is 0 Å². The van der Waals surface area contributed by atoms with E-state index in [0.29, 0.717) is 6.42 Å². The van der Waals surface area contributed by atoms with E-state index in [4.69, 9.17) is 4.74 Å². The van der Waals surface area contributed by atoms with E-state index in [9.17, 15) is 9.59 Å². The van der Waals surface area contributed by atoms with Crippen molar-refractivity contribution in [2.24, 2.45) is 0 Å². The molecule has 102 valence electrons. The van der Waals surface area contributed by atoms with Crippen molar-refractivity contribution in [1.82, 2.24) is 0 Å². The van der Waals surface area contributed by atoms with E-state index in [1.54, 1.807) is 11.9 Å². The molecular formula is C14H18N2O3. The number of carbonyl (C=O) groups excluding carboxylic acids is 2. The number of cyclic esters (lactones) is 1. The summed E-state index contributed by atoms with van der Waals surface area (Å²) in [6.07, 6.45) is 0.610. The van der Waals surface area contributed by atoms with Crippen molar-refractivity contribution in [1.29, 1.82) is 0 Å². The van der Waals surface area contributed by atoms with Gasteiger partial charge in [-0.25, -0.2) is 4.79 Å². The number of nitrogens with zero attached hydrogens (tertiary/aromatic N) is 1. The topological polar surface area (TPSA) is 58.6 Å². The molecule has 1 saturated heterocycles. The zero-order valence-electron chi connectivity index (χ0n) is 11.3. The Morgan fingerprint density at radius 1 is 1.47 bits per heavy atom. The van der Waals surface area contributed by atoms with Gasteiger partial charge < -0.3 is 15.0 Å². The highest BCUT2D eigenvalue weighted by Gasteiger charge is 2.31. The van der Waals surface area contributed by atoms with Crippen molar-refractivity contribution in [2.75, 3.05) is 17.3 Å². The molecule has 5 heteroatoms. The van der Waals surface area contributed by atoms with Gasteiger partial charge in [-0.2, -0.15) is 0 Å². The average Bonchev–Trinajstić information content (AvgIpc) is 2.67. The monoisotopic (exact) mass is 262 g/mol. The number of benzene rings is 1. The molecule has 1 aromatic rings. The molecule has 0 aliphatic carbocycles. The molecule has 2 atom stereocenters. The van der Waals surface area contributed by atoms with Crippen molar-refractivity contribution >= 4 is 23.3 Å². The first-order valence-electron chi connectivity index (χ1n) is 6.29. The fraction of sp³-hybridized carbons (Fsp3) is 0.429. The summed E-state index contributed by atoms with van der Waals surface area (Å²) < 4.78 is 5.10. The number of carbonyl (C=O) groups is 2. The van der Waals surface area contributed by atoms with Crippen LogP contribution in [0.2, 0.25) is 0 Å². The molecule has 1 aliphatic rings. The van der Waals surface area contributed by atoms with Crippen molar-refractivity contribution in [3.05, 3.63) is 24.3 Å². The van der Waals surface area contributed by atoms with Crippen LogP contribution in [0.5, 0.6) is 0 Å². The first kappa shape index (κ1) is 13.4. The fourth-order valence-corrected chi connectivity index (χ4v) is 2.06. The molecule has 2 rings (SSSR count). The van der Waals surface area contributed by atoms with Crippen LogP contribution in [0.4, 0.5) is 11.4 Å². The molecule has 19 heavy (non-hydrogen) atoms. The SMILES string of the molecule is CC(=O)N(C)c1cccc(N[C@H]2C[C@@H](C)OC2=O)c1. The molecule has 1 fully saturated rings. The first-order chi connectivity index (χ1) is 8.97. The molecule has 1 amide bonds. The Morgan fingerprint density at radius 3 is 2.79 bits per heavy atom. The lowest BCUT2D eigenvalue weighted by atomic mass is 10.1. The van der Waals surface area contributed by atoms with Gasteiger partial charge >= 0.3 is 5.97 Å². The first-order valence-corrected chi connectivity index (χ1v) is 6.29. The molecule has 0 bridgehead atoms. The predicted octanol–water partition coefficient (Wildman–Crippen LogP) is 1.79. The summed E-state index contributed by atoms with van der Waals surface area (Å²) in [4.78, 5) is 24.4. The highest BCUT2D eigenvalue weighted by molar-refractivity contribution is 5.91. The minimum Gasteiger partial charge on any atom is -0.461 e. The second-order valence-corrected chi connectivity index (χ2v) is 4.81. The van der Waals surface area contributed by atoms with Gasteiger partial charge in [0.15, 0.2) is 0 Å². The third kappa shape index (κ3) is 3.05. The Bertz CT molecular complexity index is 501. The Kier molecular flexibility index (Phi) is 3.74. The summed E-state index contributed by atoms with van der Waals surface area (Å²) in [5, 5.41) is 3.14. The highest BCUT2D eigenvalue weighted by Crippen LogP contribution is 2.23. The molecule has 1 aliphatic heterocycles. The smallest absolute Gasteiger partial charge is 0.328 e. The maximum atomic E-state index is 11.6. The van der Waals surface area contributed by atoms with E-state index >= 15 is 0 Å². The molecular weight excluding hydrogens is 244 g/mol. The Balaban J connectivity index is 2.11. The third-order valence-electron chi connectivity index (χ3n) is 3.22. The number of anilines is 2. The number of amides is 1. The van der Waals surface area contributed by atoms with Gasteiger partial charge in [-0.15, -0.1) is 0 Å². The van der Waals surface area contributed by atoms with E-state index in [-0.39, 0.29) is 24.0 Å².